The van der Waals surface area contributed by atoms with E-state index in [9.17, 15) is 0 Å². The molecule has 96 valence electrons. The molecule has 4 heteroatoms. The van der Waals surface area contributed by atoms with E-state index in [-0.39, 0.29) is 0 Å². The van der Waals surface area contributed by atoms with Crippen LogP contribution in [-0.2, 0) is 6.42 Å². The first-order valence-corrected chi connectivity index (χ1v) is 6.00. The second-order valence-electron chi connectivity index (χ2n) is 4.11. The lowest BCUT2D eigenvalue weighted by molar-refractivity contribution is 0.393. The summed E-state index contributed by atoms with van der Waals surface area (Å²) in [4.78, 5) is 4.51. The van der Waals surface area contributed by atoms with Gasteiger partial charge in [-0.15, -0.1) is 0 Å². The van der Waals surface area contributed by atoms with Gasteiger partial charge < -0.3 is 15.2 Å². The van der Waals surface area contributed by atoms with Crippen molar-refractivity contribution >= 4 is 10.9 Å². The molecule has 1 heterocycles. The summed E-state index contributed by atoms with van der Waals surface area (Å²) in [5.74, 6) is 1.47. The van der Waals surface area contributed by atoms with Crippen molar-refractivity contribution in [3.8, 4) is 11.6 Å². The molecule has 4 nitrogen and oxygen atoms in total. The Labute approximate surface area is 107 Å². The predicted molar refractivity (Wildman–Crippen MR) is 72.2 cm³/mol. The summed E-state index contributed by atoms with van der Waals surface area (Å²) in [5.41, 5.74) is 7.52. The van der Waals surface area contributed by atoms with Gasteiger partial charge in [0.2, 0.25) is 5.88 Å². The maximum Gasteiger partial charge on any atom is 0.216 e. The van der Waals surface area contributed by atoms with Crippen LogP contribution in [-0.4, -0.2) is 25.7 Å². The summed E-state index contributed by atoms with van der Waals surface area (Å²) in [7, 11) is 3.29. The van der Waals surface area contributed by atoms with Crippen LogP contribution in [0.2, 0.25) is 0 Å². The number of hydrogen-bond donors (Lipinski definition) is 1. The number of nitrogens with two attached hydrogens (primary N) is 1. The Morgan fingerprint density at radius 2 is 2.00 bits per heavy atom. The third-order valence-corrected chi connectivity index (χ3v) is 2.91. The Morgan fingerprint density at radius 1 is 1.17 bits per heavy atom. The second kappa shape index (κ2) is 5.69. The Hall–Kier alpha value is -1.81. The number of aromatic nitrogens is 1. The Balaban J connectivity index is 2.46. The van der Waals surface area contributed by atoms with Crippen molar-refractivity contribution < 1.29 is 9.47 Å². The molecule has 0 spiro atoms. The number of pyridine rings is 1. The number of fused-ring (bicyclic) bond motifs is 1. The topological polar surface area (TPSA) is 57.4 Å². The fourth-order valence-electron chi connectivity index (χ4n) is 1.95. The highest BCUT2D eigenvalue weighted by molar-refractivity contribution is 5.81. The van der Waals surface area contributed by atoms with Crippen molar-refractivity contribution in [2.75, 3.05) is 20.8 Å². The summed E-state index contributed by atoms with van der Waals surface area (Å²) in [6.07, 6.45) is 1.81. The van der Waals surface area contributed by atoms with Crippen LogP contribution in [0.5, 0.6) is 11.6 Å². The molecule has 2 aromatic rings. The minimum Gasteiger partial charge on any atom is -0.497 e. The quantitative estimate of drug-likeness (QED) is 0.878. The van der Waals surface area contributed by atoms with E-state index in [1.165, 1.54) is 0 Å². The molecular formula is C14H18N2O2. The third kappa shape index (κ3) is 2.54. The van der Waals surface area contributed by atoms with Crippen LogP contribution < -0.4 is 15.2 Å². The Kier molecular flexibility index (Phi) is 3.99. The van der Waals surface area contributed by atoms with E-state index in [4.69, 9.17) is 15.2 Å². The van der Waals surface area contributed by atoms with Crippen molar-refractivity contribution in [3.05, 3.63) is 29.8 Å². The molecule has 0 amide bonds. The standard InChI is InChI=1S/C14H18N2O2/c1-17-12-6-5-10-8-11(4-3-7-15)14(18-2)16-13(10)9-12/h5-6,8-9H,3-4,7,15H2,1-2H3. The lowest BCUT2D eigenvalue weighted by atomic mass is 10.1. The SMILES string of the molecule is COc1ccc2cc(CCCN)c(OC)nc2c1. The van der Waals surface area contributed by atoms with Crippen LogP contribution in [0, 0.1) is 0 Å². The van der Waals surface area contributed by atoms with Gasteiger partial charge in [0.1, 0.15) is 5.75 Å². The zero-order valence-electron chi connectivity index (χ0n) is 10.8. The molecule has 2 N–H and O–H groups in total. The van der Waals surface area contributed by atoms with Gasteiger partial charge in [0.15, 0.2) is 0 Å². The average Bonchev–Trinajstić information content (AvgIpc) is 2.43. The molecule has 1 aromatic heterocycles. The smallest absolute Gasteiger partial charge is 0.216 e. The summed E-state index contributed by atoms with van der Waals surface area (Å²) < 4.78 is 10.5. The molecule has 0 saturated carbocycles. The molecule has 0 aliphatic carbocycles. The predicted octanol–water partition coefficient (Wildman–Crippen LogP) is 2.14. The number of methoxy groups -OCH3 is 2. The maximum atomic E-state index is 5.54. The number of ether oxygens (including phenoxy) is 2. The highest BCUT2D eigenvalue weighted by atomic mass is 16.5. The van der Waals surface area contributed by atoms with Gasteiger partial charge in [-0.3, -0.25) is 0 Å². The van der Waals surface area contributed by atoms with Gasteiger partial charge in [-0.05, 0) is 37.6 Å². The normalized spacial score (nSPS) is 10.6. The first-order chi connectivity index (χ1) is 8.78. The molecule has 2 rings (SSSR count). The molecule has 1 aromatic carbocycles. The maximum absolute atomic E-state index is 5.54. The van der Waals surface area contributed by atoms with Crippen molar-refractivity contribution in [1.29, 1.82) is 0 Å². The highest BCUT2D eigenvalue weighted by Gasteiger charge is 2.07. The van der Waals surface area contributed by atoms with Gasteiger partial charge in [-0.25, -0.2) is 4.98 Å². The van der Waals surface area contributed by atoms with Crippen molar-refractivity contribution in [2.24, 2.45) is 5.73 Å². The van der Waals surface area contributed by atoms with Crippen LogP contribution in [0.3, 0.4) is 0 Å². The molecule has 0 saturated heterocycles. The fraction of sp³-hybridized carbons (Fsp3) is 0.357. The zero-order chi connectivity index (χ0) is 13.0. The molecule has 0 unspecified atom stereocenters. The van der Waals surface area contributed by atoms with Gasteiger partial charge in [0, 0.05) is 17.0 Å². The molecule has 18 heavy (non-hydrogen) atoms. The average molecular weight is 246 g/mol. The lowest BCUT2D eigenvalue weighted by Gasteiger charge is -2.09. The van der Waals surface area contributed by atoms with Crippen LogP contribution in [0.1, 0.15) is 12.0 Å². The van der Waals surface area contributed by atoms with E-state index >= 15 is 0 Å². The summed E-state index contributed by atoms with van der Waals surface area (Å²) in [6, 6.07) is 7.95. The molecule has 0 atom stereocenters. The monoisotopic (exact) mass is 246 g/mol. The van der Waals surface area contributed by atoms with Gasteiger partial charge in [-0.1, -0.05) is 0 Å². The van der Waals surface area contributed by atoms with E-state index in [1.54, 1.807) is 14.2 Å². The highest BCUT2D eigenvalue weighted by Crippen LogP contribution is 2.26. The molecule has 0 radical (unpaired) electrons. The van der Waals surface area contributed by atoms with Crippen LogP contribution in [0.4, 0.5) is 0 Å². The van der Waals surface area contributed by atoms with Gasteiger partial charge in [-0.2, -0.15) is 0 Å². The largest absolute Gasteiger partial charge is 0.497 e. The lowest BCUT2D eigenvalue weighted by Crippen LogP contribution is -2.02. The number of hydrogen-bond acceptors (Lipinski definition) is 4. The van der Waals surface area contributed by atoms with Crippen LogP contribution in [0.15, 0.2) is 24.3 Å². The van der Waals surface area contributed by atoms with E-state index in [2.05, 4.69) is 11.1 Å². The summed E-state index contributed by atoms with van der Waals surface area (Å²) in [5, 5.41) is 1.09. The van der Waals surface area contributed by atoms with E-state index in [0.717, 1.165) is 35.1 Å². The Bertz CT molecular complexity index is 541. The van der Waals surface area contributed by atoms with Crippen LogP contribution >= 0.6 is 0 Å². The van der Waals surface area contributed by atoms with Crippen molar-refractivity contribution in [2.45, 2.75) is 12.8 Å². The minimum absolute atomic E-state index is 0.670. The summed E-state index contributed by atoms with van der Waals surface area (Å²) >= 11 is 0. The van der Waals surface area contributed by atoms with Crippen molar-refractivity contribution in [1.82, 2.24) is 4.98 Å². The fourth-order valence-corrected chi connectivity index (χ4v) is 1.95. The number of nitrogens with zero attached hydrogens (tertiary/aromatic N) is 1. The minimum atomic E-state index is 0.670. The Morgan fingerprint density at radius 3 is 2.67 bits per heavy atom. The first kappa shape index (κ1) is 12.6. The second-order valence-corrected chi connectivity index (χ2v) is 4.11. The van der Waals surface area contributed by atoms with Gasteiger partial charge in [0.25, 0.3) is 0 Å². The molecule has 0 fully saturated rings. The third-order valence-electron chi connectivity index (χ3n) is 2.91. The number of rotatable bonds is 5. The van der Waals surface area contributed by atoms with E-state index < -0.39 is 0 Å². The first-order valence-electron chi connectivity index (χ1n) is 6.00. The van der Waals surface area contributed by atoms with Gasteiger partial charge in [0.05, 0.1) is 19.7 Å². The number of aryl methyl sites for hydroxylation is 1. The number of benzene rings is 1. The summed E-state index contributed by atoms with van der Waals surface area (Å²) in [6.45, 7) is 0.670. The van der Waals surface area contributed by atoms with E-state index in [0.29, 0.717) is 12.4 Å². The van der Waals surface area contributed by atoms with Gasteiger partial charge >= 0.3 is 0 Å². The zero-order valence-corrected chi connectivity index (χ0v) is 10.8. The molecular weight excluding hydrogens is 228 g/mol. The molecule has 0 bridgehead atoms. The van der Waals surface area contributed by atoms with E-state index in [1.807, 2.05) is 18.2 Å². The molecule has 0 aliphatic heterocycles. The van der Waals surface area contributed by atoms with Crippen LogP contribution in [0.25, 0.3) is 10.9 Å². The molecule has 0 aliphatic rings. The van der Waals surface area contributed by atoms with Crippen molar-refractivity contribution in [3.63, 3.8) is 0 Å².